The smallest absolute Gasteiger partial charge is 0.299 e. The summed E-state index contributed by atoms with van der Waals surface area (Å²) in [7, 11) is 4.85. The summed E-state index contributed by atoms with van der Waals surface area (Å²) in [5.74, 6) is 0.439. The Morgan fingerprint density at radius 3 is 2.47 bits per heavy atom. The molecule has 164 valence electrons. The van der Waals surface area contributed by atoms with E-state index in [1.807, 2.05) is 37.3 Å². The van der Waals surface area contributed by atoms with Gasteiger partial charge in [-0.25, -0.2) is 15.0 Å². The number of methoxy groups -OCH3 is 2. The van der Waals surface area contributed by atoms with Crippen LogP contribution in [0.15, 0.2) is 64.1 Å². The summed E-state index contributed by atoms with van der Waals surface area (Å²) in [6.45, 7) is 1.81. The number of aliphatic imine (C=N–C) groups is 1. The van der Waals surface area contributed by atoms with Gasteiger partial charge in [0, 0.05) is 18.7 Å². The maximum atomic E-state index is 13.0. The van der Waals surface area contributed by atoms with Crippen LogP contribution in [0.1, 0.15) is 17.4 Å². The molecule has 9 nitrogen and oxygen atoms in total. The highest BCUT2D eigenvalue weighted by atomic mass is 16.5. The van der Waals surface area contributed by atoms with Gasteiger partial charge >= 0.3 is 0 Å². The van der Waals surface area contributed by atoms with Crippen LogP contribution in [0.25, 0.3) is 11.3 Å². The molecule has 2 amide bonds. The zero-order chi connectivity index (χ0) is 22.8. The molecule has 1 unspecified atom stereocenters. The molecule has 0 aliphatic carbocycles. The molecule has 1 aliphatic rings. The zero-order valence-corrected chi connectivity index (χ0v) is 18.1. The molecular weight excluding hydrogens is 412 g/mol. The van der Waals surface area contributed by atoms with Gasteiger partial charge in [0.1, 0.15) is 5.71 Å². The lowest BCUT2D eigenvalue weighted by Gasteiger charge is -2.25. The van der Waals surface area contributed by atoms with Crippen LogP contribution >= 0.6 is 0 Å². The molecule has 9 heteroatoms. The molecule has 0 saturated carbocycles. The number of hydrogen-bond donors (Lipinski definition) is 0. The Balaban J connectivity index is 1.59. The van der Waals surface area contributed by atoms with Crippen molar-refractivity contribution in [3.8, 4) is 22.8 Å². The fourth-order valence-corrected chi connectivity index (χ4v) is 3.46. The average Bonchev–Trinajstić information content (AvgIpc) is 3.39. The maximum Gasteiger partial charge on any atom is 0.299 e. The number of carbonyl (C=O) groups excluding carboxylic acids is 2. The summed E-state index contributed by atoms with van der Waals surface area (Å²) in [4.78, 5) is 29.8. The average molecular weight is 434 g/mol. The molecule has 1 aliphatic heterocycles. The van der Waals surface area contributed by atoms with Crippen molar-refractivity contribution in [2.45, 2.75) is 13.0 Å². The second-order valence-electron chi connectivity index (χ2n) is 7.15. The van der Waals surface area contributed by atoms with E-state index in [9.17, 15) is 9.59 Å². The first-order valence-corrected chi connectivity index (χ1v) is 9.89. The highest BCUT2D eigenvalue weighted by Crippen LogP contribution is 2.32. The van der Waals surface area contributed by atoms with E-state index in [4.69, 9.17) is 14.0 Å². The number of benzene rings is 2. The van der Waals surface area contributed by atoms with Gasteiger partial charge < -0.3 is 14.0 Å². The summed E-state index contributed by atoms with van der Waals surface area (Å²) >= 11 is 0. The minimum atomic E-state index is -0.654. The third-order valence-electron chi connectivity index (χ3n) is 5.30. The molecule has 1 saturated heterocycles. The van der Waals surface area contributed by atoms with Crippen molar-refractivity contribution in [2.24, 2.45) is 4.99 Å². The minimum absolute atomic E-state index is 0.00287. The number of rotatable bonds is 5. The fourth-order valence-electron chi connectivity index (χ4n) is 3.46. The topological polar surface area (TPSA) is 97.5 Å². The Kier molecular flexibility index (Phi) is 5.74. The van der Waals surface area contributed by atoms with Crippen LogP contribution in [0.2, 0.25) is 0 Å². The van der Waals surface area contributed by atoms with E-state index in [1.54, 1.807) is 37.4 Å². The van der Waals surface area contributed by atoms with Gasteiger partial charge in [-0.15, -0.1) is 0 Å². The normalized spacial score (nSPS) is 17.8. The molecule has 4 rings (SSSR count). The molecule has 0 N–H and O–H groups in total. The summed E-state index contributed by atoms with van der Waals surface area (Å²) in [6.07, 6.45) is 0. The maximum absolute atomic E-state index is 13.0. The van der Waals surface area contributed by atoms with E-state index >= 15 is 0 Å². The Morgan fingerprint density at radius 2 is 1.78 bits per heavy atom. The van der Waals surface area contributed by atoms with Gasteiger partial charge in [0.2, 0.25) is 0 Å². The number of nitrogens with zero attached hydrogens (tertiary/aromatic N) is 4. The van der Waals surface area contributed by atoms with Crippen LogP contribution < -0.4 is 14.5 Å². The minimum Gasteiger partial charge on any atom is -0.493 e. The molecule has 1 fully saturated rings. The summed E-state index contributed by atoms with van der Waals surface area (Å²) < 4.78 is 15.9. The fraction of sp³-hybridized carbons (Fsp3) is 0.217. The zero-order valence-electron chi connectivity index (χ0n) is 18.1. The number of aromatic nitrogens is 1. The molecule has 0 bridgehead atoms. The number of ether oxygens (including phenoxy) is 2. The lowest BCUT2D eigenvalue weighted by atomic mass is 10.1. The Bertz CT molecular complexity index is 1190. The van der Waals surface area contributed by atoms with Gasteiger partial charge in [-0.2, -0.15) is 0 Å². The Hall–Kier alpha value is -3.98. The van der Waals surface area contributed by atoms with Crippen LogP contribution in [0.5, 0.6) is 11.5 Å². The first-order valence-electron chi connectivity index (χ1n) is 9.89. The molecule has 1 atom stereocenters. The third-order valence-corrected chi connectivity index (χ3v) is 5.30. The molecule has 2 aromatic carbocycles. The molecule has 2 heterocycles. The molecule has 3 aromatic rings. The van der Waals surface area contributed by atoms with Crippen molar-refractivity contribution in [3.05, 3.63) is 60.3 Å². The molecule has 0 radical (unpaired) electrons. The first kappa shape index (κ1) is 21.3. The summed E-state index contributed by atoms with van der Waals surface area (Å²) in [5.41, 5.74) is 1.49. The Morgan fingerprint density at radius 1 is 1.06 bits per heavy atom. The number of hydrazine groups is 1. The number of anilines is 1. The van der Waals surface area contributed by atoms with E-state index in [-0.39, 0.29) is 23.4 Å². The summed E-state index contributed by atoms with van der Waals surface area (Å²) in [5, 5.41) is 7.07. The van der Waals surface area contributed by atoms with Gasteiger partial charge in [-0.1, -0.05) is 23.4 Å². The van der Waals surface area contributed by atoms with Crippen molar-refractivity contribution < 1.29 is 23.6 Å². The van der Waals surface area contributed by atoms with Crippen molar-refractivity contribution >= 4 is 23.2 Å². The predicted molar refractivity (Wildman–Crippen MR) is 118 cm³/mol. The SMILES string of the molecule is COc1ccc(-c2cc(C(=O)N=C3C(=O)N(c4ccccc4)N(C)C3C)no2)cc1OC. The molecular formula is C23H22N4O5. The quantitative estimate of drug-likeness (QED) is 0.608. The first-order chi connectivity index (χ1) is 15.4. The van der Waals surface area contributed by atoms with Crippen LogP contribution in [-0.4, -0.2) is 55.0 Å². The van der Waals surface area contributed by atoms with Gasteiger partial charge in [0.15, 0.2) is 23.0 Å². The standard InChI is InChI=1S/C23H22N4O5/c1-14-21(23(29)27(26(14)2)16-8-6-5-7-9-16)24-22(28)17-13-19(32-25-17)15-10-11-18(30-3)20(12-15)31-4/h5-14H,1-4H3. The van der Waals surface area contributed by atoms with Crippen molar-refractivity contribution in [2.75, 3.05) is 26.3 Å². The third kappa shape index (κ3) is 3.74. The van der Waals surface area contributed by atoms with Gasteiger partial charge in [-0.05, 0) is 37.3 Å². The summed E-state index contributed by atoms with van der Waals surface area (Å²) in [6, 6.07) is 15.5. The molecule has 0 spiro atoms. The number of hydrogen-bond acceptors (Lipinski definition) is 7. The van der Waals surface area contributed by atoms with Crippen LogP contribution in [0.4, 0.5) is 5.69 Å². The largest absolute Gasteiger partial charge is 0.493 e. The van der Waals surface area contributed by atoms with Crippen molar-refractivity contribution in [1.82, 2.24) is 10.2 Å². The van der Waals surface area contributed by atoms with Gasteiger partial charge in [0.25, 0.3) is 11.8 Å². The van der Waals surface area contributed by atoms with Gasteiger partial charge in [-0.3, -0.25) is 9.59 Å². The van der Waals surface area contributed by atoms with Crippen molar-refractivity contribution in [3.63, 3.8) is 0 Å². The van der Waals surface area contributed by atoms with Crippen LogP contribution in [0.3, 0.4) is 0 Å². The second kappa shape index (κ2) is 8.64. The van der Waals surface area contributed by atoms with Gasteiger partial charge in [0.05, 0.1) is 25.9 Å². The highest BCUT2D eigenvalue weighted by Gasteiger charge is 2.40. The number of amides is 2. The number of para-hydroxylation sites is 1. The van der Waals surface area contributed by atoms with Crippen LogP contribution in [0, 0.1) is 0 Å². The van der Waals surface area contributed by atoms with Crippen LogP contribution in [-0.2, 0) is 4.79 Å². The monoisotopic (exact) mass is 434 g/mol. The Labute approximate surface area is 184 Å². The highest BCUT2D eigenvalue weighted by molar-refractivity contribution is 6.48. The lowest BCUT2D eigenvalue weighted by molar-refractivity contribution is -0.113. The van der Waals surface area contributed by atoms with E-state index in [1.165, 1.54) is 18.2 Å². The van der Waals surface area contributed by atoms with E-state index < -0.39 is 5.91 Å². The van der Waals surface area contributed by atoms with Crippen molar-refractivity contribution in [1.29, 1.82) is 0 Å². The van der Waals surface area contributed by atoms with E-state index in [0.717, 1.165) is 0 Å². The number of carbonyl (C=O) groups is 2. The molecule has 32 heavy (non-hydrogen) atoms. The lowest BCUT2D eigenvalue weighted by Crippen LogP contribution is -2.38. The molecule has 1 aromatic heterocycles. The second-order valence-corrected chi connectivity index (χ2v) is 7.15. The van der Waals surface area contributed by atoms with E-state index in [0.29, 0.717) is 28.5 Å². The predicted octanol–water partition coefficient (Wildman–Crippen LogP) is 3.22. The van der Waals surface area contributed by atoms with E-state index in [2.05, 4.69) is 10.1 Å².